The van der Waals surface area contributed by atoms with Crippen molar-refractivity contribution in [2.75, 3.05) is 0 Å². The summed E-state index contributed by atoms with van der Waals surface area (Å²) in [4.78, 5) is 4.31. The van der Waals surface area contributed by atoms with Crippen molar-refractivity contribution in [2.24, 2.45) is 5.92 Å². The van der Waals surface area contributed by atoms with Gasteiger partial charge in [0.2, 0.25) is 5.82 Å². The molecule has 0 spiro atoms. The Balaban J connectivity index is 1.81. The Hall–Kier alpha value is -1.43. The Morgan fingerprint density at radius 1 is 1.22 bits per heavy atom. The maximum Gasteiger partial charge on any atom is 0.264 e. The molecule has 0 bridgehead atoms. The van der Waals surface area contributed by atoms with E-state index < -0.39 is 5.67 Å². The highest BCUT2D eigenvalue weighted by Crippen LogP contribution is 2.42. The maximum atomic E-state index is 14.8. The fourth-order valence-corrected chi connectivity index (χ4v) is 3.09. The predicted octanol–water partition coefficient (Wildman–Crippen LogP) is 5.35. The van der Waals surface area contributed by atoms with Gasteiger partial charge in [0.1, 0.15) is 5.75 Å². The van der Waals surface area contributed by atoms with Crippen molar-refractivity contribution in [3.05, 3.63) is 40.5 Å². The second-order valence-electron chi connectivity index (χ2n) is 6.37. The van der Waals surface area contributed by atoms with Gasteiger partial charge in [-0.15, -0.1) is 0 Å². The summed E-state index contributed by atoms with van der Waals surface area (Å²) in [5.41, 5.74) is -1.47. The minimum absolute atomic E-state index is 0.0926. The number of ether oxygens (including phenoxy) is 1. The topological polar surface area (TPSA) is 48.2 Å². The molecule has 0 aliphatic heterocycles. The molecule has 1 aromatic carbocycles. The molecule has 1 aromatic heterocycles. The Bertz CT molecular complexity index is 651. The number of halogens is 2. The number of benzene rings is 1. The molecule has 0 saturated heterocycles. The van der Waals surface area contributed by atoms with Crippen LogP contribution < -0.4 is 4.74 Å². The second kappa shape index (κ2) is 6.59. The standard InChI is InChI=1S/C17H20BrFN2O2/c1-11(2)14(22-13-7-5-12(18)6-8-13)15-20-16(23-21-15)17(19)9-3-4-10-17/h5-8,11,14H,3-4,9-10H2,1-2H3. The summed E-state index contributed by atoms with van der Waals surface area (Å²) in [5, 5.41) is 3.98. The van der Waals surface area contributed by atoms with E-state index in [1.165, 1.54) is 0 Å². The van der Waals surface area contributed by atoms with Crippen molar-refractivity contribution >= 4 is 15.9 Å². The van der Waals surface area contributed by atoms with Crippen LogP contribution in [0.4, 0.5) is 4.39 Å². The third kappa shape index (κ3) is 3.57. The van der Waals surface area contributed by atoms with E-state index in [4.69, 9.17) is 9.26 Å². The normalized spacial score (nSPS) is 18.3. The first-order valence-electron chi connectivity index (χ1n) is 7.93. The molecule has 23 heavy (non-hydrogen) atoms. The van der Waals surface area contributed by atoms with Gasteiger partial charge in [0, 0.05) is 4.47 Å². The number of nitrogens with zero attached hydrogens (tertiary/aromatic N) is 2. The van der Waals surface area contributed by atoms with Gasteiger partial charge in [-0.05, 0) is 55.9 Å². The van der Waals surface area contributed by atoms with Gasteiger partial charge >= 0.3 is 0 Å². The first-order valence-corrected chi connectivity index (χ1v) is 8.72. The minimum Gasteiger partial charge on any atom is -0.482 e. The quantitative estimate of drug-likeness (QED) is 0.699. The van der Waals surface area contributed by atoms with Crippen LogP contribution in [0.2, 0.25) is 0 Å². The lowest BCUT2D eigenvalue weighted by atomic mass is 10.0. The third-order valence-corrected chi connectivity index (χ3v) is 4.69. The lowest BCUT2D eigenvalue weighted by Crippen LogP contribution is -2.18. The minimum atomic E-state index is -1.47. The molecule has 0 amide bonds. The Labute approximate surface area is 143 Å². The summed E-state index contributed by atoms with van der Waals surface area (Å²) in [6, 6.07) is 7.55. The number of hydrogen-bond donors (Lipinski definition) is 0. The van der Waals surface area contributed by atoms with Gasteiger partial charge in [0.25, 0.3) is 5.89 Å². The van der Waals surface area contributed by atoms with E-state index in [0.29, 0.717) is 24.4 Å². The third-order valence-electron chi connectivity index (χ3n) is 4.16. The molecule has 1 fully saturated rings. The van der Waals surface area contributed by atoms with Gasteiger partial charge in [0.05, 0.1) is 0 Å². The molecule has 1 heterocycles. The van der Waals surface area contributed by atoms with E-state index in [0.717, 1.165) is 17.3 Å². The molecule has 1 atom stereocenters. The van der Waals surface area contributed by atoms with Gasteiger partial charge in [-0.3, -0.25) is 0 Å². The molecule has 3 rings (SSSR count). The van der Waals surface area contributed by atoms with E-state index in [1.807, 2.05) is 38.1 Å². The zero-order valence-corrected chi connectivity index (χ0v) is 14.8. The summed E-state index contributed by atoms with van der Waals surface area (Å²) >= 11 is 3.40. The molecule has 124 valence electrons. The van der Waals surface area contributed by atoms with E-state index in [2.05, 4.69) is 26.1 Å². The second-order valence-corrected chi connectivity index (χ2v) is 7.28. The van der Waals surface area contributed by atoms with Crippen LogP contribution in [0.5, 0.6) is 5.75 Å². The lowest BCUT2D eigenvalue weighted by Gasteiger charge is -2.19. The summed E-state index contributed by atoms with van der Waals surface area (Å²) in [6.07, 6.45) is 2.25. The van der Waals surface area contributed by atoms with Crippen molar-refractivity contribution in [2.45, 2.75) is 51.3 Å². The Kier molecular flexibility index (Phi) is 4.71. The van der Waals surface area contributed by atoms with Gasteiger partial charge < -0.3 is 9.26 Å². The van der Waals surface area contributed by atoms with Crippen LogP contribution in [0.25, 0.3) is 0 Å². The summed E-state index contributed by atoms with van der Waals surface area (Å²) in [6.45, 7) is 4.03. The molecule has 1 saturated carbocycles. The molecular weight excluding hydrogens is 363 g/mol. The van der Waals surface area contributed by atoms with E-state index in [-0.39, 0.29) is 17.9 Å². The Morgan fingerprint density at radius 2 is 1.87 bits per heavy atom. The first-order chi connectivity index (χ1) is 11.0. The number of rotatable bonds is 5. The van der Waals surface area contributed by atoms with Crippen LogP contribution in [-0.2, 0) is 5.67 Å². The smallest absolute Gasteiger partial charge is 0.264 e. The van der Waals surface area contributed by atoms with Gasteiger partial charge in [-0.2, -0.15) is 4.98 Å². The van der Waals surface area contributed by atoms with Crippen molar-refractivity contribution in [3.63, 3.8) is 0 Å². The molecule has 0 N–H and O–H groups in total. The molecular formula is C17H20BrFN2O2. The highest BCUT2D eigenvalue weighted by Gasteiger charge is 2.42. The van der Waals surface area contributed by atoms with E-state index in [1.54, 1.807) is 0 Å². The van der Waals surface area contributed by atoms with Gasteiger partial charge in [0.15, 0.2) is 11.8 Å². The summed E-state index contributed by atoms with van der Waals surface area (Å²) < 4.78 is 26.9. The van der Waals surface area contributed by atoms with Crippen LogP contribution in [0.3, 0.4) is 0 Å². The molecule has 6 heteroatoms. The van der Waals surface area contributed by atoms with Gasteiger partial charge in [-0.25, -0.2) is 4.39 Å². The van der Waals surface area contributed by atoms with Crippen molar-refractivity contribution < 1.29 is 13.7 Å². The van der Waals surface area contributed by atoms with E-state index in [9.17, 15) is 4.39 Å². The van der Waals surface area contributed by atoms with Crippen molar-refractivity contribution in [3.8, 4) is 5.75 Å². The molecule has 1 aliphatic rings. The van der Waals surface area contributed by atoms with Crippen LogP contribution in [0.1, 0.15) is 57.3 Å². The number of hydrogen-bond acceptors (Lipinski definition) is 4. The van der Waals surface area contributed by atoms with Crippen LogP contribution >= 0.6 is 15.9 Å². The van der Waals surface area contributed by atoms with Crippen LogP contribution in [0, 0.1) is 5.92 Å². The largest absolute Gasteiger partial charge is 0.482 e. The van der Waals surface area contributed by atoms with Crippen LogP contribution in [-0.4, -0.2) is 10.1 Å². The predicted molar refractivity (Wildman–Crippen MR) is 87.9 cm³/mol. The number of aromatic nitrogens is 2. The van der Waals surface area contributed by atoms with Crippen molar-refractivity contribution in [1.82, 2.24) is 10.1 Å². The fourth-order valence-electron chi connectivity index (χ4n) is 2.83. The highest BCUT2D eigenvalue weighted by molar-refractivity contribution is 9.10. The molecule has 0 radical (unpaired) electrons. The maximum absolute atomic E-state index is 14.8. The average Bonchev–Trinajstić information content (AvgIpc) is 3.16. The van der Waals surface area contributed by atoms with Gasteiger partial charge in [-0.1, -0.05) is 34.9 Å². The van der Waals surface area contributed by atoms with Crippen molar-refractivity contribution in [1.29, 1.82) is 0 Å². The van der Waals surface area contributed by atoms with E-state index >= 15 is 0 Å². The SMILES string of the molecule is CC(C)C(Oc1ccc(Br)cc1)c1noc(C2(F)CCCC2)n1. The Morgan fingerprint density at radius 3 is 2.48 bits per heavy atom. The average molecular weight is 383 g/mol. The molecule has 4 nitrogen and oxygen atoms in total. The monoisotopic (exact) mass is 382 g/mol. The van der Waals surface area contributed by atoms with Crippen LogP contribution in [0.15, 0.2) is 33.3 Å². The lowest BCUT2D eigenvalue weighted by molar-refractivity contribution is 0.118. The molecule has 2 aromatic rings. The molecule has 1 aliphatic carbocycles. The molecule has 1 unspecified atom stereocenters. The first kappa shape index (κ1) is 16.4. The summed E-state index contributed by atoms with van der Waals surface area (Å²) in [7, 11) is 0. The fraction of sp³-hybridized carbons (Fsp3) is 0.529. The highest BCUT2D eigenvalue weighted by atomic mass is 79.9. The zero-order chi connectivity index (χ0) is 16.4. The number of alkyl halides is 1. The summed E-state index contributed by atoms with van der Waals surface area (Å²) in [5.74, 6) is 1.34. The zero-order valence-electron chi connectivity index (χ0n) is 13.3.